The van der Waals surface area contributed by atoms with Crippen LogP contribution in [0.4, 0.5) is 0 Å². The Morgan fingerprint density at radius 3 is 2.79 bits per heavy atom. The predicted octanol–water partition coefficient (Wildman–Crippen LogP) is -0.752. The molecule has 0 aromatic carbocycles. The van der Waals surface area contributed by atoms with Crippen molar-refractivity contribution in [2.24, 2.45) is 11.5 Å². The van der Waals surface area contributed by atoms with Crippen LogP contribution in [-0.2, 0) is 4.79 Å². The van der Waals surface area contributed by atoms with Crippen molar-refractivity contribution in [3.63, 3.8) is 0 Å². The van der Waals surface area contributed by atoms with Gasteiger partial charge in [-0.3, -0.25) is 4.79 Å². The number of carboxylic acids is 1. The van der Waals surface area contributed by atoms with Gasteiger partial charge in [-0.2, -0.15) is 0 Å². The van der Waals surface area contributed by atoms with Crippen LogP contribution in [0, 0.1) is 0 Å². The number of primary amides is 1. The van der Waals surface area contributed by atoms with Gasteiger partial charge >= 0.3 is 5.97 Å². The molecule has 7 heteroatoms. The van der Waals surface area contributed by atoms with E-state index in [0.29, 0.717) is 0 Å². The number of hydrogen-bond acceptors (Lipinski definition) is 5. The van der Waals surface area contributed by atoms with Crippen LogP contribution in [0.2, 0.25) is 0 Å². The highest BCUT2D eigenvalue weighted by atomic mass is 16.4. The summed E-state index contributed by atoms with van der Waals surface area (Å²) in [6.45, 7) is 0. The van der Waals surface area contributed by atoms with Crippen molar-refractivity contribution in [2.75, 3.05) is 0 Å². The molecule has 0 aliphatic heterocycles. The quantitative estimate of drug-likeness (QED) is 0.584. The van der Waals surface area contributed by atoms with Crippen LogP contribution in [0.1, 0.15) is 28.7 Å². The summed E-state index contributed by atoms with van der Waals surface area (Å²) in [4.78, 5) is 24.5. The first kappa shape index (κ1) is 10.2. The number of hydrogen-bond donors (Lipinski definition) is 3. The van der Waals surface area contributed by atoms with Crippen molar-refractivity contribution >= 4 is 11.9 Å². The number of aromatic carboxylic acids is 1. The van der Waals surface area contributed by atoms with Gasteiger partial charge in [-0.05, 0) is 0 Å². The van der Waals surface area contributed by atoms with Crippen LogP contribution in [0.25, 0.3) is 0 Å². The molecule has 76 valence electrons. The van der Waals surface area contributed by atoms with Crippen LogP contribution in [0.15, 0.2) is 10.8 Å². The fraction of sp³-hybridized carbons (Fsp3) is 0.286. The summed E-state index contributed by atoms with van der Waals surface area (Å²) < 4.78 is 4.76. The molecule has 14 heavy (non-hydrogen) atoms. The third kappa shape index (κ3) is 2.07. The standard InChI is InChI=1S/C7H9N3O4/c8-3(1-4(9)11)6-5(7(12)13)10-2-14-6/h2-3H,1,8H2,(H2,9,11)(H,12,13)/t3-/m0/s1. The maximum absolute atomic E-state index is 10.6. The number of nitrogens with two attached hydrogens (primary N) is 2. The molecule has 0 aliphatic rings. The third-order valence-electron chi connectivity index (χ3n) is 1.56. The molecule has 1 heterocycles. The number of rotatable bonds is 4. The molecular weight excluding hydrogens is 190 g/mol. The zero-order valence-corrected chi connectivity index (χ0v) is 7.14. The largest absolute Gasteiger partial charge is 0.476 e. The molecule has 0 saturated heterocycles. The summed E-state index contributed by atoms with van der Waals surface area (Å²) >= 11 is 0. The minimum absolute atomic E-state index is 0.0451. The monoisotopic (exact) mass is 199 g/mol. The van der Waals surface area contributed by atoms with Gasteiger partial charge in [0.1, 0.15) is 0 Å². The molecule has 1 rings (SSSR count). The molecule has 0 saturated carbocycles. The summed E-state index contributed by atoms with van der Waals surface area (Å²) in [5.41, 5.74) is 10.1. The summed E-state index contributed by atoms with van der Waals surface area (Å²) in [5, 5.41) is 8.64. The minimum Gasteiger partial charge on any atom is -0.476 e. The molecule has 0 radical (unpaired) electrons. The van der Waals surface area contributed by atoms with Crippen molar-refractivity contribution in [3.8, 4) is 0 Å². The van der Waals surface area contributed by atoms with Gasteiger partial charge in [-0.1, -0.05) is 0 Å². The minimum atomic E-state index is -1.26. The van der Waals surface area contributed by atoms with Gasteiger partial charge < -0.3 is 21.0 Å². The third-order valence-corrected chi connectivity index (χ3v) is 1.56. The zero-order valence-electron chi connectivity index (χ0n) is 7.14. The Morgan fingerprint density at radius 2 is 2.29 bits per heavy atom. The Kier molecular flexibility index (Phi) is 2.82. The van der Waals surface area contributed by atoms with E-state index in [-0.39, 0.29) is 17.9 Å². The first-order valence-corrected chi connectivity index (χ1v) is 3.73. The molecule has 0 unspecified atom stereocenters. The Morgan fingerprint density at radius 1 is 1.64 bits per heavy atom. The van der Waals surface area contributed by atoms with Crippen molar-refractivity contribution < 1.29 is 19.1 Å². The molecule has 7 nitrogen and oxygen atoms in total. The second-order valence-corrected chi connectivity index (χ2v) is 2.65. The number of carbonyl (C=O) groups is 2. The van der Waals surface area contributed by atoms with Crippen LogP contribution in [0.3, 0.4) is 0 Å². The highest BCUT2D eigenvalue weighted by Crippen LogP contribution is 2.17. The Bertz CT molecular complexity index is 360. The smallest absolute Gasteiger partial charge is 0.358 e. The average Bonchev–Trinajstić information content (AvgIpc) is 2.49. The van der Waals surface area contributed by atoms with Crippen molar-refractivity contribution in [1.29, 1.82) is 0 Å². The van der Waals surface area contributed by atoms with E-state index in [0.717, 1.165) is 6.39 Å². The average molecular weight is 199 g/mol. The highest BCUT2D eigenvalue weighted by molar-refractivity contribution is 5.86. The number of carboxylic acid groups (broad SMARTS) is 1. The van der Waals surface area contributed by atoms with E-state index < -0.39 is 17.9 Å². The van der Waals surface area contributed by atoms with Gasteiger partial charge in [0.2, 0.25) is 5.91 Å². The van der Waals surface area contributed by atoms with E-state index in [9.17, 15) is 9.59 Å². The van der Waals surface area contributed by atoms with Gasteiger partial charge in [-0.15, -0.1) is 0 Å². The molecule has 1 aromatic heterocycles. The SMILES string of the molecule is NC(=O)C[C@H](N)c1ocnc1C(=O)O. The number of carbonyl (C=O) groups excluding carboxylic acids is 1. The Balaban J connectivity index is 2.89. The summed E-state index contributed by atoms with van der Waals surface area (Å²) in [7, 11) is 0. The lowest BCUT2D eigenvalue weighted by Gasteiger charge is -2.05. The molecule has 5 N–H and O–H groups in total. The lowest BCUT2D eigenvalue weighted by Crippen LogP contribution is -2.22. The lowest BCUT2D eigenvalue weighted by molar-refractivity contribution is -0.118. The van der Waals surface area contributed by atoms with Gasteiger partial charge in [0, 0.05) is 6.42 Å². The van der Waals surface area contributed by atoms with Crippen LogP contribution in [0.5, 0.6) is 0 Å². The molecule has 0 bridgehead atoms. The summed E-state index contributed by atoms with van der Waals surface area (Å²) in [6, 6.07) is -0.874. The Hall–Kier alpha value is -1.89. The first-order valence-electron chi connectivity index (χ1n) is 3.73. The maximum Gasteiger partial charge on any atom is 0.358 e. The van der Waals surface area contributed by atoms with Gasteiger partial charge in [0.25, 0.3) is 0 Å². The number of amides is 1. The summed E-state index contributed by atoms with van der Waals surface area (Å²) in [6.07, 6.45) is 0.773. The summed E-state index contributed by atoms with van der Waals surface area (Å²) in [5.74, 6) is -1.93. The van der Waals surface area contributed by atoms with Crippen LogP contribution >= 0.6 is 0 Å². The normalized spacial score (nSPS) is 12.4. The number of nitrogens with zero attached hydrogens (tertiary/aromatic N) is 1. The molecule has 0 spiro atoms. The molecule has 0 fully saturated rings. The van der Waals surface area contributed by atoms with Crippen molar-refractivity contribution in [2.45, 2.75) is 12.5 Å². The number of aromatic nitrogens is 1. The van der Waals surface area contributed by atoms with Gasteiger partial charge in [0.15, 0.2) is 17.8 Å². The fourth-order valence-electron chi connectivity index (χ4n) is 0.988. The fourth-order valence-corrected chi connectivity index (χ4v) is 0.988. The molecule has 0 aliphatic carbocycles. The lowest BCUT2D eigenvalue weighted by atomic mass is 10.1. The van der Waals surface area contributed by atoms with E-state index in [1.54, 1.807) is 0 Å². The van der Waals surface area contributed by atoms with Crippen molar-refractivity contribution in [3.05, 3.63) is 17.8 Å². The zero-order chi connectivity index (χ0) is 10.7. The van der Waals surface area contributed by atoms with Gasteiger partial charge in [-0.25, -0.2) is 9.78 Å². The second kappa shape index (κ2) is 3.88. The predicted molar refractivity (Wildman–Crippen MR) is 44.2 cm³/mol. The highest BCUT2D eigenvalue weighted by Gasteiger charge is 2.22. The molecular formula is C7H9N3O4. The molecule has 1 atom stereocenters. The van der Waals surface area contributed by atoms with E-state index >= 15 is 0 Å². The first-order chi connectivity index (χ1) is 6.52. The van der Waals surface area contributed by atoms with E-state index in [1.807, 2.05) is 0 Å². The maximum atomic E-state index is 10.6. The van der Waals surface area contributed by atoms with E-state index in [4.69, 9.17) is 21.0 Å². The van der Waals surface area contributed by atoms with E-state index in [1.165, 1.54) is 0 Å². The number of oxazole rings is 1. The second-order valence-electron chi connectivity index (χ2n) is 2.65. The van der Waals surface area contributed by atoms with Gasteiger partial charge in [0.05, 0.1) is 6.04 Å². The van der Waals surface area contributed by atoms with Crippen molar-refractivity contribution in [1.82, 2.24) is 4.98 Å². The molecule has 1 aromatic rings. The van der Waals surface area contributed by atoms with E-state index in [2.05, 4.69) is 4.98 Å². The molecule has 1 amide bonds. The van der Waals surface area contributed by atoms with Crippen LogP contribution < -0.4 is 11.5 Å². The van der Waals surface area contributed by atoms with Crippen LogP contribution in [-0.4, -0.2) is 22.0 Å². The Labute approximate surface area is 78.7 Å². The topological polar surface area (TPSA) is 132 Å².